The molecule has 3 nitrogen and oxygen atoms in total. The molecule has 7 rings (SSSR count). The van der Waals surface area contributed by atoms with Crippen LogP contribution in [0.3, 0.4) is 0 Å². The Morgan fingerprint density at radius 2 is 0.800 bits per heavy atom. The van der Waals surface area contributed by atoms with Gasteiger partial charge in [0.15, 0.2) is 0 Å². The van der Waals surface area contributed by atoms with Crippen molar-refractivity contribution in [1.82, 2.24) is 0 Å². The Kier molecular flexibility index (Phi) is 4.66. The molecular weight excluding hydrogens is 428 g/mol. The molecule has 5 aromatic carbocycles. The Balaban J connectivity index is 1.45. The lowest BCUT2D eigenvalue weighted by Crippen LogP contribution is -2.62. The van der Waals surface area contributed by atoms with Crippen LogP contribution in [0.1, 0.15) is 0 Å². The third-order valence-corrected chi connectivity index (χ3v) is 6.80. The van der Waals surface area contributed by atoms with Gasteiger partial charge in [0.05, 0.1) is 11.5 Å². The van der Waals surface area contributed by atoms with E-state index in [1.807, 2.05) is 60.7 Å². The van der Waals surface area contributed by atoms with E-state index in [0.29, 0.717) is 0 Å². The normalized spacial score (nSPS) is 13.0. The fourth-order valence-corrected chi connectivity index (χ4v) is 5.32. The SMILES string of the molecule is c1ccc(OB2c3ccccc3N3c4ccccc4B(Oc4ccccc4)c4cccc2c43)cc1. The first-order valence-electron chi connectivity index (χ1n) is 11.9. The molecule has 2 heterocycles. The lowest BCUT2D eigenvalue weighted by atomic mass is 9.46. The van der Waals surface area contributed by atoms with Crippen LogP contribution in [0.2, 0.25) is 0 Å². The summed E-state index contributed by atoms with van der Waals surface area (Å²) in [4.78, 5) is 2.38. The molecule has 0 unspecified atom stereocenters. The molecule has 5 heteroatoms. The third kappa shape index (κ3) is 3.23. The molecule has 0 saturated carbocycles. The number of hydrogen-bond donors (Lipinski definition) is 0. The number of rotatable bonds is 4. The number of nitrogens with zero attached hydrogens (tertiary/aromatic N) is 1. The summed E-state index contributed by atoms with van der Waals surface area (Å²) in [7, 11) is 0. The molecular formula is C30H21B2NO2. The number of anilines is 3. The van der Waals surface area contributed by atoms with Crippen LogP contribution in [0.25, 0.3) is 0 Å². The molecule has 0 N–H and O–H groups in total. The summed E-state index contributed by atoms with van der Waals surface area (Å²) in [6.07, 6.45) is 0. The van der Waals surface area contributed by atoms with Gasteiger partial charge >= 0.3 is 13.8 Å². The fourth-order valence-electron chi connectivity index (χ4n) is 5.32. The van der Waals surface area contributed by atoms with Crippen molar-refractivity contribution < 1.29 is 9.31 Å². The van der Waals surface area contributed by atoms with Crippen molar-refractivity contribution in [2.45, 2.75) is 0 Å². The largest absolute Gasteiger partial charge is 0.551 e. The molecule has 0 spiro atoms. The van der Waals surface area contributed by atoms with Gasteiger partial charge in [0.2, 0.25) is 0 Å². The lowest BCUT2D eigenvalue weighted by Gasteiger charge is -2.42. The minimum absolute atomic E-state index is 0.220. The summed E-state index contributed by atoms with van der Waals surface area (Å²) in [6, 6.07) is 43.7. The minimum atomic E-state index is -0.220. The van der Waals surface area contributed by atoms with Gasteiger partial charge in [-0.15, -0.1) is 0 Å². The summed E-state index contributed by atoms with van der Waals surface area (Å²) in [5, 5.41) is 0. The molecule has 0 saturated heterocycles. The highest BCUT2D eigenvalue weighted by atomic mass is 16.4. The molecule has 35 heavy (non-hydrogen) atoms. The predicted octanol–water partition coefficient (Wildman–Crippen LogP) is 4.15. The van der Waals surface area contributed by atoms with Crippen molar-refractivity contribution in [3.05, 3.63) is 127 Å². The van der Waals surface area contributed by atoms with E-state index in [2.05, 4.69) is 71.6 Å². The standard InChI is InChI=1S/C30H21B2NO2/c1-3-12-22(13-4-1)34-31-24-16-7-9-20-28(24)33-29-21-10-8-17-25(29)32(35-23-14-5-2-6-15-23)27-19-11-18-26(31)30(27)33/h1-21H. The van der Waals surface area contributed by atoms with Gasteiger partial charge in [-0.1, -0.05) is 91.0 Å². The number of fused-ring (bicyclic) bond motifs is 4. The van der Waals surface area contributed by atoms with Crippen molar-refractivity contribution >= 4 is 52.7 Å². The summed E-state index contributed by atoms with van der Waals surface area (Å²) in [5.74, 6) is 1.71. The second kappa shape index (κ2) is 8.14. The van der Waals surface area contributed by atoms with Crippen LogP contribution in [-0.4, -0.2) is 13.8 Å². The molecule has 0 radical (unpaired) electrons. The van der Waals surface area contributed by atoms with Gasteiger partial charge in [-0.3, -0.25) is 0 Å². The van der Waals surface area contributed by atoms with E-state index in [1.165, 1.54) is 0 Å². The van der Waals surface area contributed by atoms with E-state index in [-0.39, 0.29) is 13.8 Å². The van der Waals surface area contributed by atoms with Crippen LogP contribution in [0, 0.1) is 0 Å². The maximum atomic E-state index is 6.65. The van der Waals surface area contributed by atoms with Gasteiger partial charge in [0, 0.05) is 17.1 Å². The van der Waals surface area contributed by atoms with Crippen LogP contribution >= 0.6 is 0 Å². The zero-order valence-electron chi connectivity index (χ0n) is 19.0. The molecule has 0 aliphatic carbocycles. The van der Waals surface area contributed by atoms with Crippen molar-refractivity contribution in [2.24, 2.45) is 0 Å². The Bertz CT molecular complexity index is 1410. The van der Waals surface area contributed by atoms with E-state index in [4.69, 9.17) is 9.31 Å². The Hall–Kier alpha value is -4.37. The first-order chi connectivity index (χ1) is 17.4. The zero-order valence-corrected chi connectivity index (χ0v) is 19.0. The zero-order chi connectivity index (χ0) is 23.2. The van der Waals surface area contributed by atoms with Crippen LogP contribution in [-0.2, 0) is 0 Å². The topological polar surface area (TPSA) is 21.7 Å². The highest BCUT2D eigenvalue weighted by molar-refractivity contribution is 6.89. The van der Waals surface area contributed by atoms with E-state index >= 15 is 0 Å². The molecule has 2 aliphatic heterocycles. The highest BCUT2D eigenvalue weighted by Gasteiger charge is 2.45. The summed E-state index contributed by atoms with van der Waals surface area (Å²) < 4.78 is 13.3. The predicted molar refractivity (Wildman–Crippen MR) is 145 cm³/mol. The summed E-state index contributed by atoms with van der Waals surface area (Å²) in [5.41, 5.74) is 8.00. The van der Waals surface area contributed by atoms with Gasteiger partial charge in [-0.2, -0.15) is 0 Å². The van der Waals surface area contributed by atoms with E-state index in [1.54, 1.807) is 0 Å². The number of hydrogen-bond acceptors (Lipinski definition) is 3. The molecule has 0 atom stereocenters. The van der Waals surface area contributed by atoms with Crippen molar-refractivity contribution in [3.63, 3.8) is 0 Å². The smallest absolute Gasteiger partial charge is 0.430 e. The Morgan fingerprint density at radius 1 is 0.400 bits per heavy atom. The summed E-state index contributed by atoms with van der Waals surface area (Å²) in [6.45, 7) is -0.440. The van der Waals surface area contributed by atoms with Gasteiger partial charge in [0.25, 0.3) is 0 Å². The number of para-hydroxylation sites is 5. The van der Waals surface area contributed by atoms with Gasteiger partial charge < -0.3 is 14.2 Å². The van der Waals surface area contributed by atoms with Crippen molar-refractivity contribution in [3.8, 4) is 11.5 Å². The first kappa shape index (κ1) is 20.0. The first-order valence-corrected chi connectivity index (χ1v) is 11.9. The quantitative estimate of drug-likeness (QED) is 0.385. The minimum Gasteiger partial charge on any atom is -0.551 e. The monoisotopic (exact) mass is 449 g/mol. The molecule has 0 amide bonds. The molecule has 2 aliphatic rings. The van der Waals surface area contributed by atoms with Gasteiger partial charge in [-0.05, 0) is 58.2 Å². The van der Waals surface area contributed by atoms with E-state index < -0.39 is 0 Å². The number of benzene rings is 5. The van der Waals surface area contributed by atoms with E-state index in [9.17, 15) is 0 Å². The maximum Gasteiger partial charge on any atom is 0.430 e. The second-order valence-electron chi connectivity index (χ2n) is 8.86. The fraction of sp³-hybridized carbons (Fsp3) is 0. The Labute approximate surface area is 205 Å². The average Bonchev–Trinajstić information content (AvgIpc) is 2.93. The average molecular weight is 449 g/mol. The highest BCUT2D eigenvalue weighted by Crippen LogP contribution is 2.37. The van der Waals surface area contributed by atoms with Gasteiger partial charge in [-0.25, -0.2) is 0 Å². The second-order valence-corrected chi connectivity index (χ2v) is 8.86. The van der Waals surface area contributed by atoms with Crippen LogP contribution in [0.4, 0.5) is 17.1 Å². The van der Waals surface area contributed by atoms with E-state index in [0.717, 1.165) is 50.4 Å². The van der Waals surface area contributed by atoms with Gasteiger partial charge in [0.1, 0.15) is 0 Å². The van der Waals surface area contributed by atoms with Crippen molar-refractivity contribution in [1.29, 1.82) is 0 Å². The van der Waals surface area contributed by atoms with Crippen LogP contribution in [0.15, 0.2) is 127 Å². The Morgan fingerprint density at radius 3 is 1.29 bits per heavy atom. The maximum absolute atomic E-state index is 6.65. The van der Waals surface area contributed by atoms with Crippen molar-refractivity contribution in [2.75, 3.05) is 4.90 Å². The summed E-state index contributed by atoms with van der Waals surface area (Å²) >= 11 is 0. The molecule has 0 fully saturated rings. The van der Waals surface area contributed by atoms with Crippen LogP contribution < -0.4 is 36.1 Å². The van der Waals surface area contributed by atoms with Crippen LogP contribution in [0.5, 0.6) is 11.5 Å². The third-order valence-electron chi connectivity index (χ3n) is 6.80. The lowest BCUT2D eigenvalue weighted by molar-refractivity contribution is 0.590. The molecule has 0 bridgehead atoms. The molecule has 164 valence electrons. The molecule has 0 aromatic heterocycles. The molecule has 5 aromatic rings.